The number of hydrogen-bond donors (Lipinski definition) is 1. The van der Waals surface area contributed by atoms with Crippen LogP contribution in [0.2, 0.25) is 0 Å². The van der Waals surface area contributed by atoms with Gasteiger partial charge in [-0.15, -0.1) is 0 Å². The lowest BCUT2D eigenvalue weighted by molar-refractivity contribution is -0.122. The van der Waals surface area contributed by atoms with Crippen molar-refractivity contribution in [2.45, 2.75) is 46.0 Å². The van der Waals surface area contributed by atoms with Crippen LogP contribution in [0.4, 0.5) is 0 Å². The molecule has 5 heteroatoms. The van der Waals surface area contributed by atoms with Crippen molar-refractivity contribution >= 4 is 11.7 Å². The Labute approximate surface area is 148 Å². The fraction of sp³-hybridized carbons (Fsp3) is 0.500. The number of carbonyl (C=O) groups excluding carboxylic acids is 2. The maximum Gasteiger partial charge on any atom is 0.225 e. The lowest BCUT2D eigenvalue weighted by atomic mass is 9.70. The van der Waals surface area contributed by atoms with Crippen LogP contribution in [0.5, 0.6) is 11.5 Å². The number of nitrogens with one attached hydrogen (secondary N) is 1. The van der Waals surface area contributed by atoms with E-state index >= 15 is 0 Å². The summed E-state index contributed by atoms with van der Waals surface area (Å²) >= 11 is 0. The summed E-state index contributed by atoms with van der Waals surface area (Å²) in [5.74, 6) is 1.15. The maximum absolute atomic E-state index is 12.8. The molecule has 1 aromatic rings. The van der Waals surface area contributed by atoms with Crippen molar-refractivity contribution in [3.05, 3.63) is 35.0 Å². The topological polar surface area (TPSA) is 64.6 Å². The van der Waals surface area contributed by atoms with Gasteiger partial charge in [-0.05, 0) is 36.5 Å². The Kier molecular flexibility index (Phi) is 4.58. The van der Waals surface area contributed by atoms with E-state index in [9.17, 15) is 9.59 Å². The average molecular weight is 343 g/mol. The molecule has 0 saturated heterocycles. The molecule has 1 heterocycles. The quantitative estimate of drug-likeness (QED) is 0.911. The number of benzene rings is 1. The highest BCUT2D eigenvalue weighted by molar-refractivity contribution is 6.02. The minimum absolute atomic E-state index is 0.0397. The van der Waals surface area contributed by atoms with Gasteiger partial charge in [0.2, 0.25) is 5.91 Å². The van der Waals surface area contributed by atoms with Crippen molar-refractivity contribution < 1.29 is 19.1 Å². The zero-order chi connectivity index (χ0) is 18.2. The predicted molar refractivity (Wildman–Crippen MR) is 94.7 cm³/mol. The van der Waals surface area contributed by atoms with Gasteiger partial charge in [-0.1, -0.05) is 19.9 Å². The van der Waals surface area contributed by atoms with Crippen LogP contribution in [0.25, 0.3) is 0 Å². The lowest BCUT2D eigenvalue weighted by Gasteiger charge is -2.37. The number of ketones is 1. The van der Waals surface area contributed by atoms with Gasteiger partial charge in [-0.2, -0.15) is 0 Å². The second-order valence-corrected chi connectivity index (χ2v) is 7.48. The van der Waals surface area contributed by atoms with Gasteiger partial charge in [-0.25, -0.2) is 0 Å². The second-order valence-electron chi connectivity index (χ2n) is 7.48. The normalized spacial score (nSPS) is 22.3. The summed E-state index contributed by atoms with van der Waals surface area (Å²) in [6.07, 6.45) is 1.50. The van der Waals surface area contributed by atoms with Crippen LogP contribution in [0.1, 0.15) is 51.5 Å². The molecule has 134 valence electrons. The van der Waals surface area contributed by atoms with Gasteiger partial charge >= 0.3 is 0 Å². The molecule has 5 nitrogen and oxygen atoms in total. The van der Waals surface area contributed by atoms with Crippen LogP contribution >= 0.6 is 0 Å². The molecule has 1 aliphatic heterocycles. The smallest absolute Gasteiger partial charge is 0.225 e. The summed E-state index contributed by atoms with van der Waals surface area (Å²) in [6.45, 7) is 6.58. The Hall–Kier alpha value is -2.30. The molecule has 1 aromatic carbocycles. The molecule has 0 fully saturated rings. The molecule has 0 bridgehead atoms. The van der Waals surface area contributed by atoms with E-state index in [1.54, 1.807) is 7.11 Å². The maximum atomic E-state index is 12.8. The molecule has 1 N–H and O–H groups in total. The Morgan fingerprint density at radius 2 is 1.96 bits per heavy atom. The van der Waals surface area contributed by atoms with Crippen molar-refractivity contribution in [3.63, 3.8) is 0 Å². The summed E-state index contributed by atoms with van der Waals surface area (Å²) in [7, 11) is 1.59. The Morgan fingerprint density at radius 3 is 2.64 bits per heavy atom. The minimum atomic E-state index is -0.225. The van der Waals surface area contributed by atoms with Crippen molar-refractivity contribution in [3.8, 4) is 11.5 Å². The van der Waals surface area contributed by atoms with Crippen molar-refractivity contribution in [1.29, 1.82) is 0 Å². The summed E-state index contributed by atoms with van der Waals surface area (Å²) in [5, 5.41) is 2.93. The Balaban J connectivity index is 2.04. The van der Waals surface area contributed by atoms with Gasteiger partial charge in [0.1, 0.15) is 0 Å². The monoisotopic (exact) mass is 343 g/mol. The molecule has 1 amide bonds. The molecule has 25 heavy (non-hydrogen) atoms. The zero-order valence-corrected chi connectivity index (χ0v) is 15.3. The van der Waals surface area contributed by atoms with E-state index in [0.29, 0.717) is 30.9 Å². The van der Waals surface area contributed by atoms with Crippen LogP contribution in [0, 0.1) is 5.41 Å². The molecular formula is C20H25NO4. The first-order valence-corrected chi connectivity index (χ1v) is 8.71. The van der Waals surface area contributed by atoms with Crippen molar-refractivity contribution in [2.75, 3.05) is 13.7 Å². The standard InChI is InChI=1S/C20H25NO4/c1-5-25-16-7-6-12(8-17(16)24-4)13-9-18(23)21-14-10-20(2,3)11-15(22)19(13)14/h6-8,13H,5,9-11H2,1-4H3,(H,21,23)/t13-/m1/s1. The Bertz CT molecular complexity index is 748. The molecule has 3 rings (SSSR count). The number of allylic oxidation sites excluding steroid dienone is 2. The SMILES string of the molecule is CCOc1ccc([C@H]2CC(=O)NC3=C2C(=O)CC(C)(C)C3)cc1OC. The summed E-state index contributed by atoms with van der Waals surface area (Å²) in [5.41, 5.74) is 2.33. The van der Waals surface area contributed by atoms with E-state index < -0.39 is 0 Å². The van der Waals surface area contributed by atoms with Crippen LogP contribution in [0.15, 0.2) is 29.5 Å². The Morgan fingerprint density at radius 1 is 1.20 bits per heavy atom. The number of carbonyl (C=O) groups is 2. The fourth-order valence-corrected chi connectivity index (χ4v) is 3.82. The third-order valence-electron chi connectivity index (χ3n) is 4.84. The first-order chi connectivity index (χ1) is 11.8. The number of hydrogen-bond acceptors (Lipinski definition) is 4. The van der Waals surface area contributed by atoms with Gasteiger partial charge < -0.3 is 14.8 Å². The molecular weight excluding hydrogens is 318 g/mol. The van der Waals surface area contributed by atoms with Gasteiger partial charge in [-0.3, -0.25) is 9.59 Å². The summed E-state index contributed by atoms with van der Waals surface area (Å²) in [4.78, 5) is 25.0. The van der Waals surface area contributed by atoms with Gasteiger partial charge in [0.05, 0.1) is 13.7 Å². The summed E-state index contributed by atoms with van der Waals surface area (Å²) in [6, 6.07) is 5.65. The molecule has 2 aliphatic rings. The molecule has 0 saturated carbocycles. The molecule has 0 unspecified atom stereocenters. The third-order valence-corrected chi connectivity index (χ3v) is 4.84. The van der Waals surface area contributed by atoms with Crippen LogP contribution in [0.3, 0.4) is 0 Å². The third kappa shape index (κ3) is 3.41. The highest BCUT2D eigenvalue weighted by atomic mass is 16.5. The number of rotatable bonds is 4. The molecule has 1 aliphatic carbocycles. The van der Waals surface area contributed by atoms with Gasteiger partial charge in [0, 0.05) is 30.0 Å². The second kappa shape index (κ2) is 6.54. The van der Waals surface area contributed by atoms with Gasteiger partial charge in [0.25, 0.3) is 0 Å². The molecule has 0 aromatic heterocycles. The van der Waals surface area contributed by atoms with E-state index in [2.05, 4.69) is 19.2 Å². The van der Waals surface area contributed by atoms with Crippen LogP contribution < -0.4 is 14.8 Å². The van der Waals surface area contributed by atoms with Crippen molar-refractivity contribution in [2.24, 2.45) is 5.41 Å². The fourth-order valence-electron chi connectivity index (χ4n) is 3.82. The minimum Gasteiger partial charge on any atom is -0.493 e. The van der Waals surface area contributed by atoms with E-state index in [0.717, 1.165) is 16.8 Å². The highest BCUT2D eigenvalue weighted by Gasteiger charge is 2.40. The van der Waals surface area contributed by atoms with Gasteiger partial charge in [0.15, 0.2) is 17.3 Å². The molecule has 1 atom stereocenters. The van der Waals surface area contributed by atoms with E-state index in [1.165, 1.54) is 0 Å². The van der Waals surface area contributed by atoms with Crippen LogP contribution in [-0.4, -0.2) is 25.4 Å². The van der Waals surface area contributed by atoms with E-state index in [1.807, 2.05) is 25.1 Å². The number of Topliss-reactive ketones (excluding diaryl/α,β-unsaturated/α-hetero) is 1. The predicted octanol–water partition coefficient (Wildman–Crippen LogP) is 3.34. The molecule has 0 spiro atoms. The lowest BCUT2D eigenvalue weighted by Crippen LogP contribution is -2.40. The van der Waals surface area contributed by atoms with E-state index in [4.69, 9.17) is 9.47 Å². The first-order valence-electron chi connectivity index (χ1n) is 8.71. The van der Waals surface area contributed by atoms with Crippen molar-refractivity contribution in [1.82, 2.24) is 5.32 Å². The molecule has 0 radical (unpaired) electrons. The van der Waals surface area contributed by atoms with Crippen LogP contribution in [-0.2, 0) is 9.59 Å². The average Bonchev–Trinajstić information content (AvgIpc) is 2.53. The number of amides is 1. The summed E-state index contributed by atoms with van der Waals surface area (Å²) < 4.78 is 11.0. The first kappa shape index (κ1) is 17.5. The zero-order valence-electron chi connectivity index (χ0n) is 15.3. The number of methoxy groups -OCH3 is 1. The largest absolute Gasteiger partial charge is 0.493 e. The highest BCUT2D eigenvalue weighted by Crippen LogP contribution is 2.45. The van der Waals surface area contributed by atoms with E-state index in [-0.39, 0.29) is 29.4 Å². The number of ether oxygens (including phenoxy) is 2.